The van der Waals surface area contributed by atoms with E-state index in [1.54, 1.807) is 0 Å². The zero-order valence-electron chi connectivity index (χ0n) is 11.2. The third kappa shape index (κ3) is 8.36. The summed E-state index contributed by atoms with van der Waals surface area (Å²) in [5.74, 6) is 0.487. The molecule has 0 aliphatic heterocycles. The molecule has 0 aromatic rings. The fraction of sp³-hybridized carbons (Fsp3) is 0.857. The van der Waals surface area contributed by atoms with Gasteiger partial charge < -0.3 is 15.3 Å². The van der Waals surface area contributed by atoms with Crippen LogP contribution in [0.5, 0.6) is 0 Å². The van der Waals surface area contributed by atoms with Crippen LogP contribution in [0.2, 0.25) is 0 Å². The number of hydrogen-bond donors (Lipinski definition) is 3. The predicted octanol–water partition coefficient (Wildman–Crippen LogP) is 2.25. The van der Waals surface area contributed by atoms with Crippen LogP contribution in [-0.4, -0.2) is 34.6 Å². The van der Waals surface area contributed by atoms with Crippen LogP contribution in [0.3, 0.4) is 0 Å². The third-order valence-corrected chi connectivity index (χ3v) is 3.15. The van der Waals surface area contributed by atoms with E-state index in [1.165, 1.54) is 12.8 Å². The van der Waals surface area contributed by atoms with E-state index < -0.39 is 0 Å². The molecule has 3 atom stereocenters. The van der Waals surface area contributed by atoms with Crippen molar-refractivity contribution in [1.29, 1.82) is 0 Å². The van der Waals surface area contributed by atoms with Crippen molar-refractivity contribution in [3.63, 3.8) is 0 Å². The van der Waals surface area contributed by atoms with Crippen molar-refractivity contribution in [3.05, 3.63) is 12.2 Å². The molecular weight excluding hydrogens is 216 g/mol. The molecule has 0 aromatic heterocycles. The van der Waals surface area contributed by atoms with Crippen molar-refractivity contribution in [2.24, 2.45) is 5.92 Å². The molecule has 1 fully saturated rings. The van der Waals surface area contributed by atoms with Crippen molar-refractivity contribution in [3.8, 4) is 0 Å². The van der Waals surface area contributed by atoms with Crippen molar-refractivity contribution >= 4 is 0 Å². The average Bonchev–Trinajstić information content (AvgIpc) is 2.76. The standard InChI is InChI=1S/C13H24O2.CH4O/c1-2-3-4-5-12(14)8-6-11-7-9-13(15)10-11;1-2/h6,8,11-15H,2-5,7,9-10H2,1H3;2H,1H3. The maximum atomic E-state index is 9.65. The lowest BCUT2D eigenvalue weighted by Crippen LogP contribution is -2.03. The smallest absolute Gasteiger partial charge is 0.0721 e. The van der Waals surface area contributed by atoms with Gasteiger partial charge in [0.2, 0.25) is 0 Å². The van der Waals surface area contributed by atoms with Gasteiger partial charge in [0.1, 0.15) is 0 Å². The van der Waals surface area contributed by atoms with Crippen molar-refractivity contribution in [2.75, 3.05) is 7.11 Å². The maximum Gasteiger partial charge on any atom is 0.0721 e. The number of allylic oxidation sites excluding steroid dienone is 1. The van der Waals surface area contributed by atoms with Crippen molar-refractivity contribution in [1.82, 2.24) is 0 Å². The van der Waals surface area contributed by atoms with Crippen LogP contribution in [0, 0.1) is 5.92 Å². The summed E-state index contributed by atoms with van der Waals surface area (Å²) >= 11 is 0. The minimum atomic E-state index is -0.283. The molecular formula is C14H28O3. The summed E-state index contributed by atoms with van der Waals surface area (Å²) in [4.78, 5) is 0. The quantitative estimate of drug-likeness (QED) is 0.496. The second-order valence-electron chi connectivity index (χ2n) is 4.67. The number of aliphatic hydroxyl groups is 3. The lowest BCUT2D eigenvalue weighted by Gasteiger charge is -2.06. The van der Waals surface area contributed by atoms with E-state index in [0.29, 0.717) is 5.92 Å². The van der Waals surface area contributed by atoms with Crippen LogP contribution in [0.4, 0.5) is 0 Å². The Morgan fingerprint density at radius 1 is 1.24 bits per heavy atom. The van der Waals surface area contributed by atoms with Gasteiger partial charge in [-0.1, -0.05) is 38.3 Å². The topological polar surface area (TPSA) is 60.7 Å². The highest BCUT2D eigenvalue weighted by molar-refractivity contribution is 4.96. The zero-order valence-corrected chi connectivity index (χ0v) is 11.2. The molecule has 0 radical (unpaired) electrons. The van der Waals surface area contributed by atoms with E-state index in [1.807, 2.05) is 6.08 Å². The first-order valence-electron chi connectivity index (χ1n) is 6.71. The Bertz CT molecular complexity index is 192. The zero-order chi connectivity index (χ0) is 13.1. The number of rotatable bonds is 6. The molecule has 3 nitrogen and oxygen atoms in total. The first-order valence-corrected chi connectivity index (χ1v) is 6.71. The summed E-state index contributed by atoms with van der Waals surface area (Å²) in [6, 6.07) is 0. The minimum absolute atomic E-state index is 0.114. The summed E-state index contributed by atoms with van der Waals surface area (Å²) in [5.41, 5.74) is 0. The SMILES string of the molecule is CCCCCC(O)C=CC1CCC(O)C1.CO. The Hall–Kier alpha value is -0.380. The van der Waals surface area contributed by atoms with Gasteiger partial charge in [-0.05, 0) is 31.6 Å². The molecule has 0 heterocycles. The number of unbranched alkanes of at least 4 members (excludes halogenated alkanes) is 2. The lowest BCUT2D eigenvalue weighted by atomic mass is 10.0. The van der Waals surface area contributed by atoms with Gasteiger partial charge in [0.25, 0.3) is 0 Å². The molecule has 3 heteroatoms. The van der Waals surface area contributed by atoms with Gasteiger partial charge in [0.05, 0.1) is 12.2 Å². The van der Waals surface area contributed by atoms with E-state index in [4.69, 9.17) is 5.11 Å². The van der Waals surface area contributed by atoms with Gasteiger partial charge in [-0.25, -0.2) is 0 Å². The lowest BCUT2D eigenvalue weighted by molar-refractivity contribution is 0.179. The average molecular weight is 244 g/mol. The van der Waals surface area contributed by atoms with Gasteiger partial charge in [-0.2, -0.15) is 0 Å². The van der Waals surface area contributed by atoms with Gasteiger partial charge >= 0.3 is 0 Å². The van der Waals surface area contributed by atoms with Crippen LogP contribution >= 0.6 is 0 Å². The molecule has 0 saturated heterocycles. The summed E-state index contributed by atoms with van der Waals surface area (Å²) < 4.78 is 0. The molecule has 0 aromatic carbocycles. The summed E-state index contributed by atoms with van der Waals surface area (Å²) in [6.07, 6.45) is 10.8. The van der Waals surface area contributed by atoms with Gasteiger partial charge in [0, 0.05) is 7.11 Å². The highest BCUT2D eigenvalue weighted by Crippen LogP contribution is 2.26. The van der Waals surface area contributed by atoms with E-state index >= 15 is 0 Å². The van der Waals surface area contributed by atoms with Gasteiger partial charge in [-0.15, -0.1) is 0 Å². The molecule has 0 amide bonds. The summed E-state index contributed by atoms with van der Waals surface area (Å²) in [5, 5.41) is 26.0. The van der Waals surface area contributed by atoms with Crippen LogP contribution in [0.1, 0.15) is 51.9 Å². The number of aliphatic hydroxyl groups excluding tert-OH is 3. The number of hydrogen-bond acceptors (Lipinski definition) is 3. The molecule has 1 rings (SSSR count). The monoisotopic (exact) mass is 244 g/mol. The van der Waals surface area contributed by atoms with Crippen LogP contribution in [-0.2, 0) is 0 Å². The van der Waals surface area contributed by atoms with E-state index in [9.17, 15) is 10.2 Å². The highest BCUT2D eigenvalue weighted by atomic mass is 16.3. The Balaban J connectivity index is 0.00000121. The van der Waals surface area contributed by atoms with Gasteiger partial charge in [0.15, 0.2) is 0 Å². The normalized spacial score (nSPS) is 25.7. The Morgan fingerprint density at radius 3 is 2.47 bits per heavy atom. The summed E-state index contributed by atoms with van der Waals surface area (Å²) in [6.45, 7) is 2.17. The fourth-order valence-corrected chi connectivity index (χ4v) is 2.15. The maximum absolute atomic E-state index is 9.65. The fourth-order valence-electron chi connectivity index (χ4n) is 2.15. The van der Waals surface area contributed by atoms with E-state index in [-0.39, 0.29) is 12.2 Å². The first-order chi connectivity index (χ1) is 8.22. The molecule has 3 N–H and O–H groups in total. The van der Waals surface area contributed by atoms with Crippen molar-refractivity contribution in [2.45, 2.75) is 64.1 Å². The second kappa shape index (κ2) is 10.8. The molecule has 1 aliphatic carbocycles. The Kier molecular flexibility index (Phi) is 10.5. The molecule has 0 spiro atoms. The molecule has 102 valence electrons. The molecule has 1 aliphatic rings. The molecule has 3 unspecified atom stereocenters. The predicted molar refractivity (Wildman–Crippen MR) is 70.8 cm³/mol. The van der Waals surface area contributed by atoms with Crippen LogP contribution < -0.4 is 0 Å². The molecule has 0 bridgehead atoms. The highest BCUT2D eigenvalue weighted by Gasteiger charge is 2.20. The summed E-state index contributed by atoms with van der Waals surface area (Å²) in [7, 11) is 1.00. The second-order valence-corrected chi connectivity index (χ2v) is 4.67. The van der Waals surface area contributed by atoms with E-state index in [2.05, 4.69) is 13.0 Å². The van der Waals surface area contributed by atoms with Gasteiger partial charge in [-0.3, -0.25) is 0 Å². The molecule has 17 heavy (non-hydrogen) atoms. The van der Waals surface area contributed by atoms with Crippen LogP contribution in [0.15, 0.2) is 12.2 Å². The Morgan fingerprint density at radius 2 is 1.94 bits per heavy atom. The first kappa shape index (κ1) is 16.6. The van der Waals surface area contributed by atoms with Crippen molar-refractivity contribution < 1.29 is 15.3 Å². The largest absolute Gasteiger partial charge is 0.400 e. The van der Waals surface area contributed by atoms with E-state index in [0.717, 1.165) is 39.2 Å². The third-order valence-electron chi connectivity index (χ3n) is 3.15. The molecule has 1 saturated carbocycles. The van der Waals surface area contributed by atoms with Crippen LogP contribution in [0.25, 0.3) is 0 Å². The minimum Gasteiger partial charge on any atom is -0.400 e. The Labute approximate surface area is 105 Å².